The SMILES string of the molecule is CC(C)C(=O)Nc1nc2c(ncn2[C@@H]2O[C@@H]3COP(O)(=S)O[C@H]4C[C@H](Oc5ccncn5)C[C@@H]4CO[P@](=S)(OCCC#N)O[C@@H]2[C@@H]3O[Si](O[Si](O)(C(C)C)C(C)C)(C(C)C)C(C)C)c(=O)[nH]1. The largest absolute Gasteiger partial charge is 0.474 e. The van der Waals surface area contributed by atoms with Crippen LogP contribution >= 0.6 is 13.4 Å². The van der Waals surface area contributed by atoms with Gasteiger partial charge >= 0.3 is 30.6 Å². The Morgan fingerprint density at radius 2 is 1.74 bits per heavy atom. The predicted octanol–water partition coefficient (Wildman–Crippen LogP) is 6.37. The fourth-order valence-electron chi connectivity index (χ4n) is 8.29. The Balaban J connectivity index is 1.51. The zero-order chi connectivity index (χ0) is 48.4. The molecule has 3 aromatic rings. The van der Waals surface area contributed by atoms with E-state index in [0.29, 0.717) is 12.3 Å². The number of carbonyl (C=O) groups is 1. The molecule has 27 heteroatoms. The molecule has 6 rings (SSSR count). The van der Waals surface area contributed by atoms with Crippen LogP contribution < -0.4 is 15.6 Å². The van der Waals surface area contributed by atoms with Crippen molar-refractivity contribution >= 4 is 77.2 Å². The van der Waals surface area contributed by atoms with Crippen LogP contribution in [0, 0.1) is 23.2 Å². The van der Waals surface area contributed by atoms with Crippen molar-refractivity contribution in [1.82, 2.24) is 29.5 Å². The summed E-state index contributed by atoms with van der Waals surface area (Å²) in [6, 6.07) is 3.69. The average Bonchev–Trinajstić information content (AvgIpc) is 3.93. The summed E-state index contributed by atoms with van der Waals surface area (Å²) in [5.74, 6) is -1.10. The van der Waals surface area contributed by atoms with Gasteiger partial charge in [0.05, 0.1) is 44.7 Å². The number of ether oxygens (including phenoxy) is 2. The van der Waals surface area contributed by atoms with E-state index in [1.165, 1.54) is 17.2 Å². The van der Waals surface area contributed by atoms with Crippen LogP contribution in [0.4, 0.5) is 5.95 Å². The number of fused-ring (bicyclic) bond motifs is 4. The number of H-pyrrole nitrogens is 1. The lowest BCUT2D eigenvalue weighted by molar-refractivity contribution is -0.118. The van der Waals surface area contributed by atoms with Gasteiger partial charge in [-0.3, -0.25) is 29.0 Å². The summed E-state index contributed by atoms with van der Waals surface area (Å²) in [4.78, 5) is 70.2. The van der Waals surface area contributed by atoms with E-state index < -0.39 is 97.2 Å². The van der Waals surface area contributed by atoms with Gasteiger partial charge in [0.15, 0.2) is 17.4 Å². The molecule has 66 heavy (non-hydrogen) atoms. The lowest BCUT2D eigenvalue weighted by Crippen LogP contribution is -2.62. The molecule has 2 saturated heterocycles. The van der Waals surface area contributed by atoms with Crippen molar-refractivity contribution in [3.8, 4) is 11.9 Å². The molecular formula is C39H62N8O13P2S2Si2. The number of amides is 1. The first-order chi connectivity index (χ1) is 31.0. The summed E-state index contributed by atoms with van der Waals surface area (Å²) in [5, 5.41) is 12.2. The van der Waals surface area contributed by atoms with E-state index in [9.17, 15) is 24.5 Å². The van der Waals surface area contributed by atoms with Crippen LogP contribution in [0.3, 0.4) is 0 Å². The van der Waals surface area contributed by atoms with E-state index >= 15 is 0 Å². The van der Waals surface area contributed by atoms with Gasteiger partial charge in [0.1, 0.15) is 30.7 Å². The van der Waals surface area contributed by atoms with Gasteiger partial charge in [-0.1, -0.05) is 69.2 Å². The summed E-state index contributed by atoms with van der Waals surface area (Å²) in [6.45, 7) is 10.3. The summed E-state index contributed by atoms with van der Waals surface area (Å²) >= 11 is 11.9. The molecule has 2 bridgehead atoms. The highest BCUT2D eigenvalue weighted by Gasteiger charge is 2.60. The number of anilines is 1. The molecule has 5 heterocycles. The smallest absolute Gasteiger partial charge is 0.335 e. The van der Waals surface area contributed by atoms with Crippen molar-refractivity contribution in [2.45, 2.75) is 147 Å². The maximum absolute atomic E-state index is 13.5. The van der Waals surface area contributed by atoms with Crippen molar-refractivity contribution < 1.29 is 55.1 Å². The van der Waals surface area contributed by atoms with E-state index in [1.54, 1.807) is 26.1 Å². The Kier molecular flexibility index (Phi) is 17.4. The minimum atomic E-state index is -4.08. The molecule has 1 amide bonds. The number of rotatable bonds is 16. The Morgan fingerprint density at radius 1 is 1.03 bits per heavy atom. The highest BCUT2D eigenvalue weighted by Crippen LogP contribution is 2.58. The number of nitrogens with zero attached hydrogens (tertiary/aromatic N) is 6. The first-order valence-electron chi connectivity index (χ1n) is 22.1. The van der Waals surface area contributed by atoms with Gasteiger partial charge in [-0.15, -0.1) is 0 Å². The maximum atomic E-state index is 13.5. The molecule has 3 aliphatic rings. The Bertz CT molecular complexity index is 2340. The Hall–Kier alpha value is -2.48. The summed E-state index contributed by atoms with van der Waals surface area (Å²) < 4.78 is 61.3. The molecule has 9 atom stereocenters. The van der Waals surface area contributed by atoms with Crippen LogP contribution in [0.15, 0.2) is 29.7 Å². The molecular weight excluding hydrogens is 971 g/mol. The second-order valence-electron chi connectivity index (χ2n) is 18.2. The zero-order valence-corrected chi connectivity index (χ0v) is 44.2. The van der Waals surface area contributed by atoms with Crippen molar-refractivity contribution in [2.75, 3.05) is 25.1 Å². The molecule has 3 fully saturated rings. The lowest BCUT2D eigenvalue weighted by atomic mass is 10.1. The van der Waals surface area contributed by atoms with Crippen molar-refractivity contribution in [1.29, 1.82) is 5.26 Å². The second kappa shape index (κ2) is 21.7. The molecule has 1 saturated carbocycles. The topological polar surface area (TPSA) is 266 Å². The van der Waals surface area contributed by atoms with Crippen molar-refractivity contribution in [3.05, 3.63) is 35.3 Å². The van der Waals surface area contributed by atoms with E-state index in [0.717, 1.165) is 0 Å². The standard InChI is InChI=1S/C39H62N8O13P2S2Si2/c1-22(2)36(48)45-39-44-35-32(37(49)46-39)43-21-47(35)38-34-33(59-66(25(7)8,26(9)10)60-65(51,23(3)4)24(5)6)30(56-38)19-53-61(50,63)57-29-17-28(55-31-12-14-41-20-42-31)16-27(29)18-54-62(64,58-34)52-15-11-13-40/h12,14,20-30,33-34,38,51H,11,15-19H2,1-10H3,(H,50,63)(H2,44,45,46,48,49)/t27-,28-,29+,30-,33-,34-,38-,61?,62-/m1/s1. The average molecular weight is 1030 g/mol. The van der Waals surface area contributed by atoms with Crippen LogP contribution in [0.5, 0.6) is 5.88 Å². The zero-order valence-electron chi connectivity index (χ0n) is 38.8. The highest BCUT2D eigenvalue weighted by molar-refractivity contribution is 8.07. The number of hydrogen-bond acceptors (Lipinski definition) is 19. The number of hydrogen-bond donors (Lipinski definition) is 4. The van der Waals surface area contributed by atoms with Crippen LogP contribution in [0.25, 0.3) is 11.2 Å². The van der Waals surface area contributed by atoms with E-state index in [-0.39, 0.29) is 65.3 Å². The summed E-state index contributed by atoms with van der Waals surface area (Å²) in [6.07, 6.45) is -1.23. The van der Waals surface area contributed by atoms with Gasteiger partial charge in [0.2, 0.25) is 17.7 Å². The fourth-order valence-corrected chi connectivity index (χ4v) is 21.8. The molecule has 1 aliphatic carbocycles. The minimum Gasteiger partial charge on any atom is -0.474 e. The third kappa shape index (κ3) is 11.9. The number of carbonyl (C=O) groups excluding carboxylic acids is 1. The molecule has 0 aromatic carbocycles. The highest BCUT2D eigenvalue weighted by atomic mass is 32.5. The maximum Gasteiger partial charge on any atom is 0.335 e. The molecule has 0 radical (unpaired) electrons. The van der Waals surface area contributed by atoms with Crippen LogP contribution in [0.2, 0.25) is 22.2 Å². The van der Waals surface area contributed by atoms with Gasteiger partial charge in [-0.2, -0.15) is 10.2 Å². The van der Waals surface area contributed by atoms with Gasteiger partial charge in [-0.25, -0.2) is 15.0 Å². The lowest BCUT2D eigenvalue weighted by Gasteiger charge is -2.47. The summed E-state index contributed by atoms with van der Waals surface area (Å²) in [5.41, 5.74) is -1.72. The second-order valence-corrected chi connectivity index (χ2v) is 32.6. The van der Waals surface area contributed by atoms with Gasteiger partial charge < -0.3 is 45.8 Å². The molecule has 366 valence electrons. The predicted molar refractivity (Wildman–Crippen MR) is 253 cm³/mol. The first-order valence-corrected chi connectivity index (χ1v) is 31.2. The molecule has 1 unspecified atom stereocenters. The number of aromatic nitrogens is 6. The fraction of sp³-hybridized carbons (Fsp3) is 0.718. The van der Waals surface area contributed by atoms with Gasteiger partial charge in [-0.05, 0) is 52.2 Å². The summed E-state index contributed by atoms with van der Waals surface area (Å²) in [7, 11) is -7.21. The van der Waals surface area contributed by atoms with Crippen LogP contribution in [0.1, 0.15) is 94.7 Å². The Labute approximate surface area is 397 Å². The third-order valence-corrected chi connectivity index (χ3v) is 25.6. The van der Waals surface area contributed by atoms with E-state index in [1.807, 2.05) is 55.4 Å². The molecule has 21 nitrogen and oxygen atoms in total. The molecule has 2 aliphatic heterocycles. The van der Waals surface area contributed by atoms with Crippen molar-refractivity contribution in [3.63, 3.8) is 0 Å². The molecule has 0 spiro atoms. The number of nitriles is 1. The number of nitrogens with one attached hydrogen (secondary N) is 2. The van der Waals surface area contributed by atoms with Gasteiger partial charge in [0.25, 0.3) is 5.56 Å². The van der Waals surface area contributed by atoms with E-state index in [4.69, 9.17) is 64.2 Å². The van der Waals surface area contributed by atoms with E-state index in [2.05, 4.69) is 36.3 Å². The molecule has 3 aromatic heterocycles. The minimum absolute atomic E-state index is 0.00506. The van der Waals surface area contributed by atoms with Crippen LogP contribution in [-0.4, -0.2) is 113 Å². The Morgan fingerprint density at radius 3 is 2.36 bits per heavy atom. The number of aromatic amines is 1. The monoisotopic (exact) mass is 1030 g/mol. The number of imidazole rings is 1. The normalized spacial score (nSPS) is 28.9. The first kappa shape index (κ1) is 52.9. The quantitative estimate of drug-likeness (QED) is 0.0690. The van der Waals surface area contributed by atoms with Crippen LogP contribution in [-0.2, 0) is 64.3 Å². The van der Waals surface area contributed by atoms with Gasteiger partial charge in [0, 0.05) is 30.5 Å². The molecule has 4 N–H and O–H groups in total. The van der Waals surface area contributed by atoms with Crippen molar-refractivity contribution in [2.24, 2.45) is 11.8 Å². The third-order valence-electron chi connectivity index (χ3n) is 11.9.